The second-order valence-electron chi connectivity index (χ2n) is 5.57. The van der Waals surface area contributed by atoms with Crippen LogP contribution in [0.2, 0.25) is 0 Å². The average Bonchev–Trinajstić information content (AvgIpc) is 2.93. The fraction of sp³-hybridized carbons (Fsp3) is 0.278. The number of aromatic nitrogens is 4. The topological polar surface area (TPSA) is 55.6 Å². The summed E-state index contributed by atoms with van der Waals surface area (Å²) in [5.41, 5.74) is 3.75. The van der Waals surface area contributed by atoms with Gasteiger partial charge in [-0.3, -0.25) is 9.67 Å². The first-order chi connectivity index (χ1) is 11.7. The van der Waals surface area contributed by atoms with Crippen molar-refractivity contribution in [3.05, 3.63) is 65.7 Å². The normalized spacial score (nSPS) is 10.8. The van der Waals surface area contributed by atoms with E-state index >= 15 is 0 Å². The molecule has 24 heavy (non-hydrogen) atoms. The molecule has 0 bridgehead atoms. The first kappa shape index (κ1) is 16.5. The Kier molecular flexibility index (Phi) is 5.48. The van der Waals surface area contributed by atoms with Crippen LogP contribution in [0.4, 0.5) is 5.82 Å². The van der Waals surface area contributed by atoms with E-state index in [2.05, 4.69) is 51.6 Å². The van der Waals surface area contributed by atoms with Gasteiger partial charge in [0, 0.05) is 25.0 Å². The molecular formula is C18H21N5S. The zero-order valence-corrected chi connectivity index (χ0v) is 14.8. The highest BCUT2D eigenvalue weighted by Gasteiger charge is 2.04. The summed E-state index contributed by atoms with van der Waals surface area (Å²) in [6.45, 7) is 2.90. The van der Waals surface area contributed by atoms with E-state index < -0.39 is 0 Å². The number of hydrogen-bond acceptors (Lipinski definition) is 5. The van der Waals surface area contributed by atoms with Crippen LogP contribution in [0.25, 0.3) is 0 Å². The second-order valence-corrected chi connectivity index (χ2v) is 6.57. The van der Waals surface area contributed by atoms with Gasteiger partial charge in [0.05, 0.1) is 18.6 Å². The van der Waals surface area contributed by atoms with Gasteiger partial charge >= 0.3 is 0 Å². The first-order valence-corrected chi connectivity index (χ1v) is 8.91. The Morgan fingerprint density at radius 1 is 1.12 bits per heavy atom. The molecule has 0 aliphatic carbocycles. The minimum atomic E-state index is 0.814. The molecule has 124 valence electrons. The van der Waals surface area contributed by atoms with E-state index in [1.165, 1.54) is 16.8 Å². The summed E-state index contributed by atoms with van der Waals surface area (Å²) in [6.07, 6.45) is 6.42. The van der Waals surface area contributed by atoms with Gasteiger partial charge in [-0.25, -0.2) is 4.98 Å². The summed E-state index contributed by atoms with van der Waals surface area (Å²) in [6, 6.07) is 10.4. The lowest BCUT2D eigenvalue weighted by Crippen LogP contribution is -2.07. The van der Waals surface area contributed by atoms with Crippen molar-refractivity contribution < 1.29 is 0 Å². The Bertz CT molecular complexity index is 785. The zero-order chi connectivity index (χ0) is 16.8. The maximum absolute atomic E-state index is 4.62. The maximum Gasteiger partial charge on any atom is 0.145 e. The molecule has 1 N–H and O–H groups in total. The molecule has 5 nitrogen and oxygen atoms in total. The lowest BCUT2D eigenvalue weighted by atomic mass is 10.2. The number of benzene rings is 1. The molecule has 2 heterocycles. The summed E-state index contributed by atoms with van der Waals surface area (Å²) in [5, 5.41) is 8.54. The van der Waals surface area contributed by atoms with E-state index in [9.17, 15) is 0 Å². The lowest BCUT2D eigenvalue weighted by Gasteiger charge is -2.07. The zero-order valence-electron chi connectivity index (χ0n) is 13.9. The standard InChI is InChI=1S/C18H21N5S/c1-14-16(10-21-23(14)2)8-9-20-17-11-19-12-18(22-17)24-13-15-6-4-3-5-7-15/h3-7,10-12H,8-9,13H2,1-2H3,(H,20,22). The Morgan fingerprint density at radius 2 is 1.96 bits per heavy atom. The minimum Gasteiger partial charge on any atom is -0.368 e. The molecule has 0 aliphatic rings. The van der Waals surface area contributed by atoms with Gasteiger partial charge in [0.1, 0.15) is 10.8 Å². The number of rotatable bonds is 7. The number of nitrogens with zero attached hydrogens (tertiary/aromatic N) is 4. The maximum atomic E-state index is 4.62. The summed E-state index contributed by atoms with van der Waals surface area (Å²) >= 11 is 1.70. The predicted octanol–water partition coefficient (Wildman–Crippen LogP) is 3.47. The molecular weight excluding hydrogens is 318 g/mol. The summed E-state index contributed by atoms with van der Waals surface area (Å²) in [7, 11) is 1.96. The number of hydrogen-bond donors (Lipinski definition) is 1. The number of anilines is 1. The number of aryl methyl sites for hydroxylation is 1. The van der Waals surface area contributed by atoms with Crippen molar-refractivity contribution in [1.82, 2.24) is 19.7 Å². The average molecular weight is 339 g/mol. The third-order valence-corrected chi connectivity index (χ3v) is 4.85. The van der Waals surface area contributed by atoms with Crippen molar-refractivity contribution >= 4 is 17.6 Å². The van der Waals surface area contributed by atoms with Crippen molar-refractivity contribution in [3.63, 3.8) is 0 Å². The molecule has 1 aromatic carbocycles. The van der Waals surface area contributed by atoms with E-state index in [0.717, 1.165) is 29.6 Å². The Labute approximate surface area is 146 Å². The number of nitrogens with one attached hydrogen (secondary N) is 1. The van der Waals surface area contributed by atoms with E-state index in [1.807, 2.05) is 30.2 Å². The largest absolute Gasteiger partial charge is 0.368 e. The number of thioether (sulfide) groups is 1. The third-order valence-electron chi connectivity index (χ3n) is 3.88. The summed E-state index contributed by atoms with van der Waals surface area (Å²) in [4.78, 5) is 8.90. The monoisotopic (exact) mass is 339 g/mol. The fourth-order valence-corrected chi connectivity index (χ4v) is 3.15. The van der Waals surface area contributed by atoms with Gasteiger partial charge < -0.3 is 5.32 Å². The lowest BCUT2D eigenvalue weighted by molar-refractivity contribution is 0.737. The van der Waals surface area contributed by atoms with Crippen LogP contribution in [-0.4, -0.2) is 26.3 Å². The molecule has 3 aromatic rings. The van der Waals surface area contributed by atoms with Crippen LogP contribution >= 0.6 is 11.8 Å². The van der Waals surface area contributed by atoms with Gasteiger partial charge in [0.15, 0.2) is 0 Å². The van der Waals surface area contributed by atoms with Crippen molar-refractivity contribution in [2.75, 3.05) is 11.9 Å². The molecule has 2 aromatic heterocycles. The molecule has 3 rings (SSSR count). The van der Waals surface area contributed by atoms with E-state index in [1.54, 1.807) is 18.0 Å². The minimum absolute atomic E-state index is 0.814. The van der Waals surface area contributed by atoms with E-state index in [4.69, 9.17) is 0 Å². The Balaban J connectivity index is 1.52. The molecule has 0 spiro atoms. The highest BCUT2D eigenvalue weighted by atomic mass is 32.2. The molecule has 0 saturated heterocycles. The van der Waals surface area contributed by atoms with Crippen LogP contribution in [0.1, 0.15) is 16.8 Å². The molecule has 6 heteroatoms. The van der Waals surface area contributed by atoms with E-state index in [0.29, 0.717) is 0 Å². The third kappa shape index (κ3) is 4.35. The SMILES string of the molecule is Cc1c(CCNc2cncc(SCc3ccccc3)n2)cnn1C. The Hall–Kier alpha value is -2.34. The highest BCUT2D eigenvalue weighted by molar-refractivity contribution is 7.98. The molecule has 0 atom stereocenters. The van der Waals surface area contributed by atoms with Crippen molar-refractivity contribution in [2.45, 2.75) is 24.1 Å². The van der Waals surface area contributed by atoms with Gasteiger partial charge in [-0.15, -0.1) is 11.8 Å². The van der Waals surface area contributed by atoms with Crippen LogP contribution in [0.3, 0.4) is 0 Å². The van der Waals surface area contributed by atoms with Gasteiger partial charge in [0.2, 0.25) is 0 Å². The van der Waals surface area contributed by atoms with Crippen LogP contribution in [0.5, 0.6) is 0 Å². The van der Waals surface area contributed by atoms with Gasteiger partial charge in [0.25, 0.3) is 0 Å². The van der Waals surface area contributed by atoms with Crippen LogP contribution in [0.15, 0.2) is 53.9 Å². The predicted molar refractivity (Wildman–Crippen MR) is 98.2 cm³/mol. The van der Waals surface area contributed by atoms with E-state index in [-0.39, 0.29) is 0 Å². The quantitative estimate of drug-likeness (QED) is 0.668. The first-order valence-electron chi connectivity index (χ1n) is 7.92. The molecule has 0 amide bonds. The molecule has 0 radical (unpaired) electrons. The smallest absolute Gasteiger partial charge is 0.145 e. The summed E-state index contributed by atoms with van der Waals surface area (Å²) in [5.74, 6) is 1.71. The van der Waals surface area contributed by atoms with Crippen LogP contribution < -0.4 is 5.32 Å². The molecule has 0 unspecified atom stereocenters. The van der Waals surface area contributed by atoms with Gasteiger partial charge in [-0.05, 0) is 24.5 Å². The molecule has 0 saturated carbocycles. The van der Waals surface area contributed by atoms with Gasteiger partial charge in [-0.1, -0.05) is 30.3 Å². The second kappa shape index (κ2) is 7.97. The molecule has 0 aliphatic heterocycles. The van der Waals surface area contributed by atoms with Crippen molar-refractivity contribution in [3.8, 4) is 0 Å². The van der Waals surface area contributed by atoms with Crippen LogP contribution in [-0.2, 0) is 19.2 Å². The van der Waals surface area contributed by atoms with Gasteiger partial charge in [-0.2, -0.15) is 5.10 Å². The summed E-state index contributed by atoms with van der Waals surface area (Å²) < 4.78 is 1.90. The Morgan fingerprint density at radius 3 is 2.71 bits per heavy atom. The van der Waals surface area contributed by atoms with Crippen molar-refractivity contribution in [2.24, 2.45) is 7.05 Å². The molecule has 0 fully saturated rings. The fourth-order valence-electron chi connectivity index (χ4n) is 2.35. The van der Waals surface area contributed by atoms with Crippen LogP contribution in [0, 0.1) is 6.92 Å². The highest BCUT2D eigenvalue weighted by Crippen LogP contribution is 2.21. The van der Waals surface area contributed by atoms with Crippen molar-refractivity contribution in [1.29, 1.82) is 0 Å².